The second-order valence-electron chi connectivity index (χ2n) is 8.90. The summed E-state index contributed by atoms with van der Waals surface area (Å²) in [5.74, 6) is 0.384. The summed E-state index contributed by atoms with van der Waals surface area (Å²) in [6, 6.07) is 20.0. The van der Waals surface area contributed by atoms with Crippen LogP contribution in [0.25, 0.3) is 22.3 Å². The first-order valence-electron chi connectivity index (χ1n) is 12.4. The van der Waals surface area contributed by atoms with Gasteiger partial charge in [0.15, 0.2) is 0 Å². The Kier molecular flexibility index (Phi) is 9.22. The molecule has 0 atom stereocenters. The molecule has 32 heavy (non-hydrogen) atoms. The number of benzene rings is 3. The van der Waals surface area contributed by atoms with E-state index in [0.717, 1.165) is 24.0 Å². The van der Waals surface area contributed by atoms with Crippen molar-refractivity contribution >= 4 is 0 Å². The summed E-state index contributed by atoms with van der Waals surface area (Å²) in [5, 5.41) is 21.4. The zero-order chi connectivity index (χ0) is 22.8. The van der Waals surface area contributed by atoms with Crippen molar-refractivity contribution in [2.45, 2.75) is 78.1 Å². The molecule has 0 heterocycles. The van der Waals surface area contributed by atoms with Crippen LogP contribution >= 0.6 is 0 Å². The van der Waals surface area contributed by atoms with Gasteiger partial charge in [-0.25, -0.2) is 0 Å². The van der Waals surface area contributed by atoms with Gasteiger partial charge in [0, 0.05) is 11.1 Å². The number of phenols is 2. The normalized spacial score (nSPS) is 11.1. The SMILES string of the molecule is CCCCCCc1ccc(-c2cc(O)c(-c3ccc(CCCCCC)cc3)cc2O)cc1. The van der Waals surface area contributed by atoms with E-state index >= 15 is 0 Å². The van der Waals surface area contributed by atoms with E-state index in [1.807, 2.05) is 24.3 Å². The lowest BCUT2D eigenvalue weighted by Crippen LogP contribution is -1.89. The highest BCUT2D eigenvalue weighted by atomic mass is 16.3. The zero-order valence-electron chi connectivity index (χ0n) is 19.7. The molecule has 0 unspecified atom stereocenters. The number of hydrogen-bond donors (Lipinski definition) is 2. The first kappa shape index (κ1) is 23.9. The number of rotatable bonds is 12. The van der Waals surface area contributed by atoms with E-state index in [0.29, 0.717) is 11.1 Å². The number of aryl methyl sites for hydroxylation is 2. The van der Waals surface area contributed by atoms with E-state index in [1.165, 1.54) is 62.5 Å². The Labute approximate surface area is 194 Å². The maximum atomic E-state index is 10.7. The van der Waals surface area contributed by atoms with Crippen molar-refractivity contribution < 1.29 is 10.2 Å². The third kappa shape index (κ3) is 6.63. The largest absolute Gasteiger partial charge is 0.507 e. The molecule has 170 valence electrons. The molecule has 0 aliphatic carbocycles. The monoisotopic (exact) mass is 430 g/mol. The smallest absolute Gasteiger partial charge is 0.124 e. The van der Waals surface area contributed by atoms with Crippen molar-refractivity contribution in [1.82, 2.24) is 0 Å². The van der Waals surface area contributed by atoms with Crippen LogP contribution < -0.4 is 0 Å². The Bertz CT molecular complexity index is 874. The number of hydrogen-bond acceptors (Lipinski definition) is 2. The first-order valence-corrected chi connectivity index (χ1v) is 12.4. The van der Waals surface area contributed by atoms with Gasteiger partial charge in [-0.05, 0) is 60.1 Å². The quantitative estimate of drug-likeness (QED) is 0.223. The van der Waals surface area contributed by atoms with Crippen LogP contribution in [0.4, 0.5) is 0 Å². The van der Waals surface area contributed by atoms with Crippen LogP contribution in [-0.2, 0) is 12.8 Å². The van der Waals surface area contributed by atoms with Crippen LogP contribution in [0.5, 0.6) is 11.5 Å². The molecule has 0 aliphatic rings. The molecule has 3 aromatic carbocycles. The average molecular weight is 431 g/mol. The lowest BCUT2D eigenvalue weighted by molar-refractivity contribution is 0.463. The van der Waals surface area contributed by atoms with Crippen molar-refractivity contribution in [3.05, 3.63) is 71.8 Å². The summed E-state index contributed by atoms with van der Waals surface area (Å²) in [6.45, 7) is 4.46. The number of aromatic hydroxyl groups is 2. The highest BCUT2D eigenvalue weighted by Crippen LogP contribution is 2.39. The molecule has 3 aromatic rings. The Morgan fingerprint density at radius 2 is 0.875 bits per heavy atom. The third-order valence-corrected chi connectivity index (χ3v) is 6.28. The van der Waals surface area contributed by atoms with E-state index in [9.17, 15) is 10.2 Å². The molecule has 2 N–H and O–H groups in total. The van der Waals surface area contributed by atoms with Gasteiger partial charge in [-0.1, -0.05) is 101 Å². The lowest BCUT2D eigenvalue weighted by Gasteiger charge is -2.12. The summed E-state index contributed by atoms with van der Waals surface area (Å²) >= 11 is 0. The molecule has 3 rings (SSSR count). The molecule has 0 saturated heterocycles. The maximum absolute atomic E-state index is 10.7. The van der Waals surface area contributed by atoms with Gasteiger partial charge in [0.1, 0.15) is 11.5 Å². The van der Waals surface area contributed by atoms with Crippen LogP contribution in [0.2, 0.25) is 0 Å². The minimum absolute atomic E-state index is 0.192. The minimum Gasteiger partial charge on any atom is -0.507 e. The molecule has 0 aliphatic heterocycles. The molecule has 0 amide bonds. The van der Waals surface area contributed by atoms with Crippen molar-refractivity contribution in [2.75, 3.05) is 0 Å². The predicted molar refractivity (Wildman–Crippen MR) is 136 cm³/mol. The minimum atomic E-state index is 0.192. The van der Waals surface area contributed by atoms with E-state index in [1.54, 1.807) is 12.1 Å². The molecule has 0 spiro atoms. The second kappa shape index (κ2) is 12.3. The predicted octanol–water partition coefficient (Wildman–Crippen LogP) is 8.68. The summed E-state index contributed by atoms with van der Waals surface area (Å²) in [7, 11) is 0. The Morgan fingerprint density at radius 1 is 0.500 bits per heavy atom. The van der Waals surface area contributed by atoms with E-state index in [-0.39, 0.29) is 11.5 Å². The topological polar surface area (TPSA) is 40.5 Å². The van der Waals surface area contributed by atoms with Gasteiger partial charge in [0.2, 0.25) is 0 Å². The first-order chi connectivity index (χ1) is 15.6. The maximum Gasteiger partial charge on any atom is 0.124 e. The van der Waals surface area contributed by atoms with Gasteiger partial charge in [-0.15, -0.1) is 0 Å². The number of unbranched alkanes of at least 4 members (excludes halogenated alkanes) is 6. The molecule has 0 radical (unpaired) electrons. The third-order valence-electron chi connectivity index (χ3n) is 6.28. The van der Waals surface area contributed by atoms with Crippen molar-refractivity contribution in [3.63, 3.8) is 0 Å². The van der Waals surface area contributed by atoms with Gasteiger partial charge in [-0.3, -0.25) is 0 Å². The van der Waals surface area contributed by atoms with Crippen molar-refractivity contribution in [1.29, 1.82) is 0 Å². The van der Waals surface area contributed by atoms with Crippen LogP contribution in [-0.4, -0.2) is 10.2 Å². The molecule has 0 saturated carbocycles. The standard InChI is InChI=1S/C30H38O2/c1-3-5-7-9-11-23-13-17-25(18-14-23)27-21-30(32)28(22-29(27)31)26-19-15-24(16-20-26)12-10-8-6-4-2/h13-22,31-32H,3-12H2,1-2H3. The Hall–Kier alpha value is -2.74. The summed E-state index contributed by atoms with van der Waals surface area (Å²) < 4.78 is 0. The van der Waals surface area contributed by atoms with Crippen LogP contribution in [0.15, 0.2) is 60.7 Å². The van der Waals surface area contributed by atoms with Gasteiger partial charge in [0.25, 0.3) is 0 Å². The zero-order valence-corrected chi connectivity index (χ0v) is 19.7. The second-order valence-corrected chi connectivity index (χ2v) is 8.90. The van der Waals surface area contributed by atoms with Crippen molar-refractivity contribution in [3.8, 4) is 33.8 Å². The average Bonchev–Trinajstić information content (AvgIpc) is 2.82. The molecule has 0 aromatic heterocycles. The van der Waals surface area contributed by atoms with Gasteiger partial charge < -0.3 is 10.2 Å². The molecular formula is C30H38O2. The Morgan fingerprint density at radius 3 is 1.22 bits per heavy atom. The van der Waals surface area contributed by atoms with Crippen LogP contribution in [0.1, 0.15) is 76.3 Å². The van der Waals surface area contributed by atoms with Crippen LogP contribution in [0, 0.1) is 0 Å². The van der Waals surface area contributed by atoms with E-state index in [4.69, 9.17) is 0 Å². The van der Waals surface area contributed by atoms with Gasteiger partial charge in [-0.2, -0.15) is 0 Å². The molecular weight excluding hydrogens is 392 g/mol. The van der Waals surface area contributed by atoms with Gasteiger partial charge >= 0.3 is 0 Å². The van der Waals surface area contributed by atoms with Crippen molar-refractivity contribution in [2.24, 2.45) is 0 Å². The highest BCUT2D eigenvalue weighted by Gasteiger charge is 2.12. The molecule has 0 fully saturated rings. The van der Waals surface area contributed by atoms with Gasteiger partial charge in [0.05, 0.1) is 0 Å². The summed E-state index contributed by atoms with van der Waals surface area (Å²) in [5.41, 5.74) is 5.81. The summed E-state index contributed by atoms with van der Waals surface area (Å²) in [4.78, 5) is 0. The highest BCUT2D eigenvalue weighted by molar-refractivity contribution is 5.80. The van der Waals surface area contributed by atoms with Crippen LogP contribution in [0.3, 0.4) is 0 Å². The summed E-state index contributed by atoms with van der Waals surface area (Å²) in [6.07, 6.45) is 12.2. The lowest BCUT2D eigenvalue weighted by atomic mass is 9.96. The molecule has 2 heteroatoms. The molecule has 2 nitrogen and oxygen atoms in total. The fourth-order valence-electron chi connectivity index (χ4n) is 4.25. The Balaban J connectivity index is 1.69. The fourth-order valence-corrected chi connectivity index (χ4v) is 4.25. The molecule has 0 bridgehead atoms. The number of phenolic OH excluding ortho intramolecular Hbond substituents is 2. The fraction of sp³-hybridized carbons (Fsp3) is 0.400. The van der Waals surface area contributed by atoms with E-state index in [2.05, 4.69) is 38.1 Å². The van der Waals surface area contributed by atoms with E-state index < -0.39 is 0 Å².